The summed E-state index contributed by atoms with van der Waals surface area (Å²) in [5, 5.41) is 9.89. The van der Waals surface area contributed by atoms with Crippen molar-refractivity contribution in [3.8, 4) is 17.6 Å². The third kappa shape index (κ3) is 5.25. The first kappa shape index (κ1) is 20.8. The number of carbonyl (C=O) groups is 1. The van der Waals surface area contributed by atoms with Gasteiger partial charge in [0.2, 0.25) is 0 Å². The van der Waals surface area contributed by atoms with E-state index in [1.807, 2.05) is 24.3 Å². The minimum Gasteiger partial charge on any atom is -0.493 e. The third-order valence-corrected chi connectivity index (χ3v) is 4.74. The summed E-state index contributed by atoms with van der Waals surface area (Å²) >= 11 is 9.61. The van der Waals surface area contributed by atoms with Gasteiger partial charge in [-0.2, -0.15) is 5.26 Å². The normalized spacial score (nSPS) is 10.9. The molecule has 0 heterocycles. The molecule has 7 heteroatoms. The number of ether oxygens (including phenoxy) is 2. The van der Waals surface area contributed by atoms with Crippen LogP contribution in [0.15, 0.2) is 46.4 Å². The quantitative estimate of drug-likeness (QED) is 0.474. The summed E-state index contributed by atoms with van der Waals surface area (Å²) in [7, 11) is 4.71. The Kier molecular flexibility index (Phi) is 7.28. The van der Waals surface area contributed by atoms with Gasteiger partial charge in [0.25, 0.3) is 5.91 Å². The van der Waals surface area contributed by atoms with E-state index in [9.17, 15) is 10.1 Å². The minimum atomic E-state index is -0.373. The number of benzene rings is 2. The predicted molar refractivity (Wildman–Crippen MR) is 109 cm³/mol. The van der Waals surface area contributed by atoms with Crippen LogP contribution in [0, 0.1) is 11.3 Å². The Hall–Kier alpha value is -2.49. The fourth-order valence-electron chi connectivity index (χ4n) is 2.24. The van der Waals surface area contributed by atoms with Crippen LogP contribution in [0.25, 0.3) is 6.08 Å². The molecule has 0 saturated heterocycles. The van der Waals surface area contributed by atoms with Gasteiger partial charge < -0.3 is 14.4 Å². The van der Waals surface area contributed by atoms with Crippen molar-refractivity contribution in [2.75, 3.05) is 21.2 Å². The van der Waals surface area contributed by atoms with Crippen molar-refractivity contribution in [2.45, 2.75) is 6.61 Å². The molecule has 0 atom stereocenters. The third-order valence-electron chi connectivity index (χ3n) is 3.68. The highest BCUT2D eigenvalue weighted by molar-refractivity contribution is 9.10. The monoisotopic (exact) mass is 448 g/mol. The summed E-state index contributed by atoms with van der Waals surface area (Å²) in [6.45, 7) is 0.278. The topological polar surface area (TPSA) is 62.6 Å². The van der Waals surface area contributed by atoms with Crippen LogP contribution in [0.4, 0.5) is 0 Å². The molecule has 2 aromatic carbocycles. The van der Waals surface area contributed by atoms with Gasteiger partial charge in [0.05, 0.1) is 7.11 Å². The zero-order valence-corrected chi connectivity index (χ0v) is 17.5. The van der Waals surface area contributed by atoms with Crippen molar-refractivity contribution < 1.29 is 14.3 Å². The maximum absolute atomic E-state index is 12.1. The van der Waals surface area contributed by atoms with Crippen LogP contribution in [-0.4, -0.2) is 32.0 Å². The molecule has 0 fully saturated rings. The lowest BCUT2D eigenvalue weighted by atomic mass is 10.1. The number of hydrogen-bond donors (Lipinski definition) is 0. The molecule has 0 N–H and O–H groups in total. The molecule has 0 spiro atoms. The SMILES string of the molecule is COc1cc(/C=C(/C#N)C(=O)N(C)C)c(Br)cc1OCc1ccccc1Cl. The van der Waals surface area contributed by atoms with Crippen LogP contribution in [0.5, 0.6) is 11.5 Å². The first-order valence-corrected chi connectivity index (χ1v) is 9.11. The molecule has 2 rings (SSSR count). The summed E-state index contributed by atoms with van der Waals surface area (Å²) in [6.07, 6.45) is 1.51. The second kappa shape index (κ2) is 9.45. The van der Waals surface area contributed by atoms with Crippen LogP contribution in [0.2, 0.25) is 5.02 Å². The molecule has 5 nitrogen and oxygen atoms in total. The number of nitrogens with zero attached hydrogens (tertiary/aromatic N) is 2. The Morgan fingerprint density at radius 2 is 2.00 bits per heavy atom. The molecule has 0 bridgehead atoms. The van der Waals surface area contributed by atoms with Crippen LogP contribution in [0.3, 0.4) is 0 Å². The summed E-state index contributed by atoms with van der Waals surface area (Å²) in [5.74, 6) is 0.618. The van der Waals surface area contributed by atoms with Crippen LogP contribution < -0.4 is 9.47 Å². The van der Waals surface area contributed by atoms with Crippen molar-refractivity contribution in [3.63, 3.8) is 0 Å². The zero-order chi connectivity index (χ0) is 20.0. The lowest BCUT2D eigenvalue weighted by molar-refractivity contribution is -0.124. The van der Waals surface area contributed by atoms with Crippen molar-refractivity contribution in [3.05, 3.63) is 62.6 Å². The molecule has 140 valence electrons. The molecular weight excluding hydrogens is 432 g/mol. The van der Waals surface area contributed by atoms with Gasteiger partial charge in [0.1, 0.15) is 18.2 Å². The molecule has 0 unspecified atom stereocenters. The lowest BCUT2D eigenvalue weighted by Crippen LogP contribution is -2.22. The highest BCUT2D eigenvalue weighted by Gasteiger charge is 2.15. The number of likely N-dealkylation sites (N-methyl/N-ethyl adjacent to an activating group) is 1. The van der Waals surface area contributed by atoms with Crippen molar-refractivity contribution >= 4 is 39.5 Å². The van der Waals surface area contributed by atoms with E-state index in [-0.39, 0.29) is 18.1 Å². The smallest absolute Gasteiger partial charge is 0.264 e. The standard InChI is InChI=1S/C20H18BrClN2O3/c1-24(2)20(25)15(11-23)8-14-9-18(26-3)19(10-16(14)21)27-12-13-6-4-5-7-17(13)22/h4-10H,12H2,1-3H3/b15-8-. The van der Waals surface area contributed by atoms with E-state index in [2.05, 4.69) is 15.9 Å². The first-order valence-electron chi connectivity index (χ1n) is 7.94. The van der Waals surface area contributed by atoms with Gasteiger partial charge in [-0.15, -0.1) is 0 Å². The van der Waals surface area contributed by atoms with E-state index >= 15 is 0 Å². The highest BCUT2D eigenvalue weighted by atomic mass is 79.9. The van der Waals surface area contributed by atoms with Crippen molar-refractivity contribution in [2.24, 2.45) is 0 Å². The summed E-state index contributed by atoms with van der Waals surface area (Å²) in [6, 6.07) is 12.8. The molecule has 0 aliphatic carbocycles. The average Bonchev–Trinajstić information content (AvgIpc) is 2.65. The van der Waals surface area contributed by atoms with Gasteiger partial charge in [-0.1, -0.05) is 45.7 Å². The van der Waals surface area contributed by atoms with E-state index in [0.29, 0.717) is 26.6 Å². The van der Waals surface area contributed by atoms with Gasteiger partial charge >= 0.3 is 0 Å². The number of carbonyl (C=O) groups excluding carboxylic acids is 1. The molecule has 27 heavy (non-hydrogen) atoms. The number of halogens is 2. The average molecular weight is 450 g/mol. The van der Waals surface area contributed by atoms with E-state index in [0.717, 1.165) is 5.56 Å². The number of nitriles is 1. The minimum absolute atomic E-state index is 0.0208. The van der Waals surface area contributed by atoms with Gasteiger partial charge in [0.15, 0.2) is 11.5 Å². The number of methoxy groups -OCH3 is 1. The maximum atomic E-state index is 12.1. The molecule has 0 aliphatic heterocycles. The van der Waals surface area contributed by atoms with Crippen LogP contribution in [0.1, 0.15) is 11.1 Å². The second-order valence-electron chi connectivity index (χ2n) is 5.77. The zero-order valence-electron chi connectivity index (χ0n) is 15.1. The largest absolute Gasteiger partial charge is 0.493 e. The van der Waals surface area contributed by atoms with Crippen molar-refractivity contribution in [1.29, 1.82) is 5.26 Å². The van der Waals surface area contributed by atoms with Crippen molar-refractivity contribution in [1.82, 2.24) is 4.90 Å². The van der Waals surface area contributed by atoms with Gasteiger partial charge in [0, 0.05) is 29.2 Å². The predicted octanol–water partition coefficient (Wildman–Crippen LogP) is 4.69. The van der Waals surface area contributed by atoms with Gasteiger partial charge in [-0.05, 0) is 29.8 Å². The molecular formula is C20H18BrClN2O3. The highest BCUT2D eigenvalue weighted by Crippen LogP contribution is 2.35. The summed E-state index contributed by atoms with van der Waals surface area (Å²) in [4.78, 5) is 13.4. The summed E-state index contributed by atoms with van der Waals surface area (Å²) in [5.41, 5.74) is 1.50. The molecule has 0 saturated carbocycles. The Morgan fingerprint density at radius 1 is 1.30 bits per heavy atom. The van der Waals surface area contributed by atoms with Crippen LogP contribution in [-0.2, 0) is 11.4 Å². The number of hydrogen-bond acceptors (Lipinski definition) is 4. The number of amides is 1. The molecule has 1 amide bonds. The van der Waals surface area contributed by atoms with E-state index in [1.165, 1.54) is 18.1 Å². The summed E-state index contributed by atoms with van der Waals surface area (Å²) < 4.78 is 11.9. The fourth-order valence-corrected chi connectivity index (χ4v) is 2.87. The Balaban J connectivity index is 2.33. The van der Waals surface area contributed by atoms with Crippen LogP contribution >= 0.6 is 27.5 Å². The fraction of sp³-hybridized carbons (Fsp3) is 0.200. The molecule has 0 aliphatic rings. The molecule has 0 aromatic heterocycles. The molecule has 0 radical (unpaired) electrons. The first-order chi connectivity index (χ1) is 12.9. The Morgan fingerprint density at radius 3 is 2.59 bits per heavy atom. The van der Waals surface area contributed by atoms with E-state index in [4.69, 9.17) is 21.1 Å². The number of rotatable bonds is 6. The Bertz CT molecular complexity index is 920. The van der Waals surface area contributed by atoms with E-state index < -0.39 is 0 Å². The van der Waals surface area contributed by atoms with Gasteiger partial charge in [-0.25, -0.2) is 0 Å². The molecule has 2 aromatic rings. The lowest BCUT2D eigenvalue weighted by Gasteiger charge is -2.14. The Labute approximate surface area is 171 Å². The maximum Gasteiger partial charge on any atom is 0.264 e. The van der Waals surface area contributed by atoms with E-state index in [1.54, 1.807) is 32.3 Å². The van der Waals surface area contributed by atoms with Gasteiger partial charge in [-0.3, -0.25) is 4.79 Å². The second-order valence-corrected chi connectivity index (χ2v) is 7.04.